The summed E-state index contributed by atoms with van der Waals surface area (Å²) in [7, 11) is 1.92. The molecule has 0 saturated carbocycles. The highest BCUT2D eigenvalue weighted by Gasteiger charge is 2.21. The van der Waals surface area contributed by atoms with E-state index in [1.165, 1.54) is 0 Å². The highest BCUT2D eigenvalue weighted by molar-refractivity contribution is 6.32. The fourth-order valence-corrected chi connectivity index (χ4v) is 2.58. The molecule has 0 fully saturated rings. The number of hydrogen-bond donors (Lipinski definition) is 1. The molecule has 1 aromatic carbocycles. The lowest BCUT2D eigenvalue weighted by molar-refractivity contribution is -0.384. The SMILES string of the molecule is CCC(NC)C(C)c1cc(Cl)c([N+](=O)[O-])cc1C. The van der Waals surface area contributed by atoms with Crippen molar-refractivity contribution in [2.75, 3.05) is 7.05 Å². The minimum Gasteiger partial charge on any atom is -0.316 e. The molecule has 4 nitrogen and oxygen atoms in total. The molecule has 0 radical (unpaired) electrons. The van der Waals surface area contributed by atoms with Crippen LogP contribution in [0.4, 0.5) is 5.69 Å². The molecule has 0 aliphatic heterocycles. The fourth-order valence-electron chi connectivity index (χ4n) is 2.34. The van der Waals surface area contributed by atoms with Crippen LogP contribution in [0.25, 0.3) is 0 Å². The van der Waals surface area contributed by atoms with Crippen LogP contribution in [0.5, 0.6) is 0 Å². The number of nitrogens with zero attached hydrogens (tertiary/aromatic N) is 1. The van der Waals surface area contributed by atoms with E-state index in [9.17, 15) is 10.1 Å². The first kappa shape index (κ1) is 14.9. The highest BCUT2D eigenvalue weighted by Crippen LogP contribution is 2.33. The second kappa shape index (κ2) is 6.16. The van der Waals surface area contributed by atoms with Gasteiger partial charge in [0.25, 0.3) is 5.69 Å². The molecule has 0 heterocycles. The smallest absolute Gasteiger partial charge is 0.288 e. The largest absolute Gasteiger partial charge is 0.316 e. The molecule has 0 saturated heterocycles. The summed E-state index contributed by atoms with van der Waals surface area (Å²) in [6.45, 7) is 6.10. The molecular formula is C13H19ClN2O2. The molecule has 2 atom stereocenters. The molecule has 100 valence electrons. The normalized spacial score (nSPS) is 14.3. The van der Waals surface area contributed by atoms with Crippen LogP contribution in [0.15, 0.2) is 12.1 Å². The van der Waals surface area contributed by atoms with Crippen molar-refractivity contribution < 1.29 is 4.92 Å². The second-order valence-electron chi connectivity index (χ2n) is 4.51. The summed E-state index contributed by atoms with van der Waals surface area (Å²) in [5, 5.41) is 14.3. The monoisotopic (exact) mass is 270 g/mol. The van der Waals surface area contributed by atoms with Crippen LogP contribution in [0.2, 0.25) is 5.02 Å². The molecule has 18 heavy (non-hydrogen) atoms. The lowest BCUT2D eigenvalue weighted by Crippen LogP contribution is -2.30. The van der Waals surface area contributed by atoms with E-state index in [4.69, 9.17) is 11.6 Å². The number of aryl methyl sites for hydroxylation is 1. The maximum Gasteiger partial charge on any atom is 0.288 e. The third-order valence-corrected chi connectivity index (χ3v) is 3.74. The van der Waals surface area contributed by atoms with Crippen molar-refractivity contribution in [3.05, 3.63) is 38.4 Å². The number of halogens is 1. The maximum absolute atomic E-state index is 10.8. The summed E-state index contributed by atoms with van der Waals surface area (Å²) in [5.74, 6) is 0.262. The van der Waals surface area contributed by atoms with E-state index in [-0.39, 0.29) is 16.6 Å². The van der Waals surface area contributed by atoms with Gasteiger partial charge in [0.1, 0.15) is 5.02 Å². The zero-order valence-electron chi connectivity index (χ0n) is 11.2. The Morgan fingerprint density at radius 2 is 2.11 bits per heavy atom. The molecule has 1 rings (SSSR count). The Morgan fingerprint density at radius 3 is 2.56 bits per heavy atom. The van der Waals surface area contributed by atoms with Gasteiger partial charge in [0.2, 0.25) is 0 Å². The molecule has 1 aromatic rings. The standard InChI is InChI=1S/C13H19ClN2O2/c1-5-12(15-4)9(3)10-7-11(14)13(16(17)18)6-8(10)2/h6-7,9,12,15H,5H2,1-4H3. The van der Waals surface area contributed by atoms with E-state index in [0.29, 0.717) is 6.04 Å². The van der Waals surface area contributed by atoms with Gasteiger partial charge in [-0.05, 0) is 43.5 Å². The Hall–Kier alpha value is -1.13. The zero-order valence-corrected chi connectivity index (χ0v) is 11.9. The zero-order chi connectivity index (χ0) is 13.9. The Labute approximate surface area is 112 Å². The van der Waals surface area contributed by atoms with Crippen molar-refractivity contribution in [2.45, 2.75) is 39.2 Å². The summed E-state index contributed by atoms with van der Waals surface area (Å²) < 4.78 is 0. The van der Waals surface area contributed by atoms with E-state index >= 15 is 0 Å². The molecule has 1 N–H and O–H groups in total. The maximum atomic E-state index is 10.8. The van der Waals surface area contributed by atoms with Crippen molar-refractivity contribution in [1.82, 2.24) is 5.32 Å². The van der Waals surface area contributed by atoms with Crippen LogP contribution in [-0.4, -0.2) is 18.0 Å². The molecular weight excluding hydrogens is 252 g/mol. The van der Waals surface area contributed by atoms with Crippen LogP contribution in [0, 0.1) is 17.0 Å². The second-order valence-corrected chi connectivity index (χ2v) is 4.92. The fraction of sp³-hybridized carbons (Fsp3) is 0.538. The summed E-state index contributed by atoms with van der Waals surface area (Å²) >= 11 is 5.97. The van der Waals surface area contributed by atoms with E-state index < -0.39 is 4.92 Å². The van der Waals surface area contributed by atoms with Crippen molar-refractivity contribution in [3.63, 3.8) is 0 Å². The van der Waals surface area contributed by atoms with Gasteiger partial charge in [-0.3, -0.25) is 10.1 Å². The first-order valence-electron chi connectivity index (χ1n) is 6.04. The van der Waals surface area contributed by atoms with Crippen LogP contribution in [0.3, 0.4) is 0 Å². The van der Waals surface area contributed by atoms with Crippen molar-refractivity contribution in [1.29, 1.82) is 0 Å². The molecule has 0 aliphatic carbocycles. The van der Waals surface area contributed by atoms with Crippen LogP contribution < -0.4 is 5.32 Å². The molecule has 0 aliphatic rings. The first-order chi connectivity index (χ1) is 8.42. The minimum absolute atomic E-state index is 0.0253. The topological polar surface area (TPSA) is 55.2 Å². The number of nitrogens with one attached hydrogen (secondary N) is 1. The highest BCUT2D eigenvalue weighted by atomic mass is 35.5. The Balaban J connectivity index is 3.19. The van der Waals surface area contributed by atoms with Crippen LogP contribution >= 0.6 is 11.6 Å². The van der Waals surface area contributed by atoms with Gasteiger partial charge in [0.05, 0.1) is 4.92 Å². The van der Waals surface area contributed by atoms with Gasteiger partial charge in [-0.2, -0.15) is 0 Å². The predicted octanol–water partition coefficient (Wildman–Crippen LogP) is 3.66. The minimum atomic E-state index is -0.445. The van der Waals surface area contributed by atoms with E-state index in [0.717, 1.165) is 17.5 Å². The Kier molecular flexibility index (Phi) is 5.11. The Bertz CT molecular complexity index is 445. The molecule has 5 heteroatoms. The number of hydrogen-bond acceptors (Lipinski definition) is 3. The van der Waals surface area contributed by atoms with Gasteiger partial charge in [-0.1, -0.05) is 25.4 Å². The molecule has 0 bridgehead atoms. The van der Waals surface area contributed by atoms with Gasteiger partial charge in [0.15, 0.2) is 0 Å². The molecule has 0 spiro atoms. The van der Waals surface area contributed by atoms with Gasteiger partial charge in [-0.15, -0.1) is 0 Å². The number of likely N-dealkylation sites (N-methyl/N-ethyl adjacent to an activating group) is 1. The van der Waals surface area contributed by atoms with Crippen molar-refractivity contribution in [2.24, 2.45) is 0 Å². The van der Waals surface area contributed by atoms with Gasteiger partial charge < -0.3 is 5.32 Å². The molecule has 0 amide bonds. The van der Waals surface area contributed by atoms with Crippen LogP contribution in [0.1, 0.15) is 37.3 Å². The number of nitro benzene ring substituents is 1. The average molecular weight is 271 g/mol. The van der Waals surface area contributed by atoms with E-state index in [1.54, 1.807) is 12.1 Å². The number of nitro groups is 1. The summed E-state index contributed by atoms with van der Waals surface area (Å²) in [6.07, 6.45) is 0.992. The lowest BCUT2D eigenvalue weighted by atomic mass is 9.88. The molecule has 0 aromatic heterocycles. The first-order valence-corrected chi connectivity index (χ1v) is 6.41. The number of benzene rings is 1. The van der Waals surface area contributed by atoms with Gasteiger partial charge in [-0.25, -0.2) is 0 Å². The summed E-state index contributed by atoms with van der Waals surface area (Å²) in [6, 6.07) is 3.61. The van der Waals surface area contributed by atoms with E-state index in [2.05, 4.69) is 19.2 Å². The molecule has 2 unspecified atom stereocenters. The van der Waals surface area contributed by atoms with Gasteiger partial charge in [0, 0.05) is 12.1 Å². The summed E-state index contributed by atoms with van der Waals surface area (Å²) in [4.78, 5) is 10.4. The third-order valence-electron chi connectivity index (χ3n) is 3.44. The predicted molar refractivity (Wildman–Crippen MR) is 74.4 cm³/mol. The Morgan fingerprint density at radius 1 is 1.50 bits per heavy atom. The third kappa shape index (κ3) is 3.00. The van der Waals surface area contributed by atoms with Crippen molar-refractivity contribution >= 4 is 17.3 Å². The van der Waals surface area contributed by atoms with Crippen molar-refractivity contribution in [3.8, 4) is 0 Å². The average Bonchev–Trinajstić information content (AvgIpc) is 2.32. The quantitative estimate of drug-likeness (QED) is 0.656. The summed E-state index contributed by atoms with van der Waals surface area (Å²) in [5.41, 5.74) is 1.95. The lowest BCUT2D eigenvalue weighted by Gasteiger charge is -2.24. The van der Waals surface area contributed by atoms with Crippen LogP contribution in [-0.2, 0) is 0 Å². The van der Waals surface area contributed by atoms with Gasteiger partial charge >= 0.3 is 0 Å². The van der Waals surface area contributed by atoms with E-state index in [1.807, 2.05) is 14.0 Å². The number of rotatable bonds is 5.